The van der Waals surface area contributed by atoms with Crippen molar-refractivity contribution in [1.82, 2.24) is 24.3 Å². The smallest absolute Gasteiger partial charge is 0.248 e. The van der Waals surface area contributed by atoms with Gasteiger partial charge in [-0.05, 0) is 57.0 Å². The SMILES string of the molecule is COc1cccc(C2CCN(c3nc(Nc4ccc(-n5cnc(C)c5)c(OC)c4)nn3C(C)C)C2)c1. The average Bonchev–Trinajstić information content (AvgIpc) is 3.63. The molecule has 188 valence electrons. The summed E-state index contributed by atoms with van der Waals surface area (Å²) in [6, 6.07) is 14.5. The first-order valence-electron chi connectivity index (χ1n) is 12.3. The Labute approximate surface area is 211 Å². The molecule has 1 N–H and O–H groups in total. The van der Waals surface area contributed by atoms with Gasteiger partial charge < -0.3 is 24.3 Å². The molecular weight excluding hydrogens is 454 g/mol. The standard InChI is InChI=1S/C27H33N7O2/c1-18(2)34-27(32-12-11-21(16-32)20-7-6-8-23(13-20)35-4)30-26(31-34)29-22-9-10-24(25(14-22)36-5)33-15-19(3)28-17-33/h6-10,13-15,17-18,21H,11-12,16H2,1-5H3,(H,29,31). The van der Waals surface area contributed by atoms with E-state index in [1.54, 1.807) is 20.5 Å². The van der Waals surface area contributed by atoms with Crippen LogP contribution in [0.4, 0.5) is 17.6 Å². The number of rotatable bonds is 8. The molecule has 1 saturated heterocycles. The lowest BCUT2D eigenvalue weighted by Gasteiger charge is -2.19. The van der Waals surface area contributed by atoms with Crippen LogP contribution in [0, 0.1) is 6.92 Å². The van der Waals surface area contributed by atoms with Crippen molar-refractivity contribution in [2.75, 3.05) is 37.5 Å². The van der Waals surface area contributed by atoms with Crippen LogP contribution < -0.4 is 19.7 Å². The molecule has 9 nitrogen and oxygen atoms in total. The highest BCUT2D eigenvalue weighted by molar-refractivity contribution is 5.62. The zero-order valence-corrected chi connectivity index (χ0v) is 21.5. The highest BCUT2D eigenvalue weighted by atomic mass is 16.5. The third-order valence-electron chi connectivity index (χ3n) is 6.56. The summed E-state index contributed by atoms with van der Waals surface area (Å²) in [5, 5.41) is 8.16. The summed E-state index contributed by atoms with van der Waals surface area (Å²) in [6.07, 6.45) is 4.82. The summed E-state index contributed by atoms with van der Waals surface area (Å²) in [7, 11) is 3.38. The van der Waals surface area contributed by atoms with E-state index >= 15 is 0 Å². The van der Waals surface area contributed by atoms with Crippen LogP contribution in [0.3, 0.4) is 0 Å². The van der Waals surface area contributed by atoms with Crippen molar-refractivity contribution in [3.05, 3.63) is 66.2 Å². The molecule has 1 aliphatic heterocycles. The molecule has 0 saturated carbocycles. The lowest BCUT2D eigenvalue weighted by atomic mass is 9.98. The lowest BCUT2D eigenvalue weighted by Crippen LogP contribution is -2.24. The van der Waals surface area contributed by atoms with Gasteiger partial charge in [0.25, 0.3) is 0 Å². The van der Waals surface area contributed by atoms with Crippen molar-refractivity contribution in [2.24, 2.45) is 0 Å². The molecule has 0 spiro atoms. The number of hydrogen-bond acceptors (Lipinski definition) is 7. The number of imidazole rings is 1. The van der Waals surface area contributed by atoms with E-state index in [1.165, 1.54) is 5.56 Å². The lowest BCUT2D eigenvalue weighted by molar-refractivity contribution is 0.413. The molecule has 0 aliphatic carbocycles. The molecule has 0 amide bonds. The van der Waals surface area contributed by atoms with E-state index in [9.17, 15) is 0 Å². The van der Waals surface area contributed by atoms with Crippen LogP contribution in [0.5, 0.6) is 11.5 Å². The summed E-state index contributed by atoms with van der Waals surface area (Å²) < 4.78 is 15.0. The Kier molecular flexibility index (Phi) is 6.54. The summed E-state index contributed by atoms with van der Waals surface area (Å²) in [5.41, 5.74) is 4.03. The first-order chi connectivity index (χ1) is 17.4. The summed E-state index contributed by atoms with van der Waals surface area (Å²) in [4.78, 5) is 11.5. The fourth-order valence-corrected chi connectivity index (χ4v) is 4.69. The van der Waals surface area contributed by atoms with Crippen LogP contribution in [-0.4, -0.2) is 51.6 Å². The maximum absolute atomic E-state index is 5.65. The van der Waals surface area contributed by atoms with E-state index < -0.39 is 0 Å². The van der Waals surface area contributed by atoms with Gasteiger partial charge in [0.1, 0.15) is 11.5 Å². The van der Waals surface area contributed by atoms with E-state index in [4.69, 9.17) is 19.6 Å². The largest absolute Gasteiger partial charge is 0.497 e. The molecule has 5 rings (SSSR count). The molecule has 4 aromatic rings. The second kappa shape index (κ2) is 9.93. The van der Waals surface area contributed by atoms with Crippen molar-refractivity contribution < 1.29 is 9.47 Å². The highest BCUT2D eigenvalue weighted by Gasteiger charge is 2.29. The number of methoxy groups -OCH3 is 2. The Morgan fingerprint density at radius 3 is 2.67 bits per heavy atom. The molecule has 0 radical (unpaired) electrons. The van der Waals surface area contributed by atoms with Crippen molar-refractivity contribution in [3.8, 4) is 17.2 Å². The van der Waals surface area contributed by atoms with Crippen molar-refractivity contribution >= 4 is 17.6 Å². The maximum Gasteiger partial charge on any atom is 0.248 e. The van der Waals surface area contributed by atoms with Crippen molar-refractivity contribution in [3.63, 3.8) is 0 Å². The molecular formula is C27H33N7O2. The van der Waals surface area contributed by atoms with Gasteiger partial charge in [0.05, 0.1) is 38.0 Å². The van der Waals surface area contributed by atoms with Crippen LogP contribution in [0.15, 0.2) is 55.0 Å². The number of aryl methyl sites for hydroxylation is 1. The second-order valence-electron chi connectivity index (χ2n) is 9.42. The zero-order chi connectivity index (χ0) is 25.2. The van der Waals surface area contributed by atoms with Gasteiger partial charge in [0, 0.05) is 37.0 Å². The Balaban J connectivity index is 1.37. The molecule has 2 aromatic carbocycles. The molecule has 1 aliphatic rings. The van der Waals surface area contributed by atoms with Gasteiger partial charge in [0.2, 0.25) is 11.9 Å². The van der Waals surface area contributed by atoms with Gasteiger partial charge in [-0.25, -0.2) is 9.67 Å². The molecule has 2 aromatic heterocycles. The van der Waals surface area contributed by atoms with Crippen LogP contribution >= 0.6 is 0 Å². The number of nitrogens with one attached hydrogen (secondary N) is 1. The normalized spacial score (nSPS) is 15.5. The Morgan fingerprint density at radius 2 is 1.94 bits per heavy atom. The molecule has 0 bridgehead atoms. The summed E-state index contributed by atoms with van der Waals surface area (Å²) in [5.74, 6) is 3.51. The quantitative estimate of drug-likeness (QED) is 0.370. The number of anilines is 3. The topological polar surface area (TPSA) is 82.3 Å². The van der Waals surface area contributed by atoms with Gasteiger partial charge in [-0.2, -0.15) is 4.98 Å². The van der Waals surface area contributed by atoms with Crippen LogP contribution in [0.1, 0.15) is 43.5 Å². The van der Waals surface area contributed by atoms with E-state index in [-0.39, 0.29) is 6.04 Å². The third-order valence-corrected chi connectivity index (χ3v) is 6.56. The molecule has 3 heterocycles. The van der Waals surface area contributed by atoms with Gasteiger partial charge in [-0.1, -0.05) is 12.1 Å². The van der Waals surface area contributed by atoms with Gasteiger partial charge in [-0.15, -0.1) is 5.10 Å². The van der Waals surface area contributed by atoms with Gasteiger partial charge in [0.15, 0.2) is 0 Å². The third kappa shape index (κ3) is 4.73. The number of aromatic nitrogens is 5. The first-order valence-corrected chi connectivity index (χ1v) is 12.3. The predicted molar refractivity (Wildman–Crippen MR) is 141 cm³/mol. The Morgan fingerprint density at radius 1 is 1.08 bits per heavy atom. The number of nitrogens with zero attached hydrogens (tertiary/aromatic N) is 6. The van der Waals surface area contributed by atoms with Crippen LogP contribution in [-0.2, 0) is 0 Å². The van der Waals surface area contributed by atoms with Gasteiger partial charge in [-0.3, -0.25) is 0 Å². The van der Waals surface area contributed by atoms with E-state index in [0.29, 0.717) is 11.9 Å². The second-order valence-corrected chi connectivity index (χ2v) is 9.42. The zero-order valence-electron chi connectivity index (χ0n) is 21.5. The Hall–Kier alpha value is -4.01. The fourth-order valence-electron chi connectivity index (χ4n) is 4.69. The molecule has 36 heavy (non-hydrogen) atoms. The predicted octanol–water partition coefficient (Wildman–Crippen LogP) is 5.11. The van der Waals surface area contributed by atoms with Gasteiger partial charge >= 0.3 is 0 Å². The number of ether oxygens (including phenoxy) is 2. The van der Waals surface area contributed by atoms with Crippen molar-refractivity contribution in [1.29, 1.82) is 0 Å². The minimum absolute atomic E-state index is 0.181. The van der Waals surface area contributed by atoms with E-state index in [1.807, 2.05) is 46.6 Å². The first kappa shape index (κ1) is 23.7. The fraction of sp³-hybridized carbons (Fsp3) is 0.370. The number of benzene rings is 2. The van der Waals surface area contributed by atoms with E-state index in [2.05, 4.69) is 47.2 Å². The van der Waals surface area contributed by atoms with Crippen LogP contribution in [0.2, 0.25) is 0 Å². The summed E-state index contributed by atoms with van der Waals surface area (Å²) >= 11 is 0. The minimum Gasteiger partial charge on any atom is -0.497 e. The van der Waals surface area contributed by atoms with E-state index in [0.717, 1.165) is 54.0 Å². The Bertz CT molecular complexity index is 1340. The monoisotopic (exact) mass is 487 g/mol. The number of hydrogen-bond donors (Lipinski definition) is 1. The van der Waals surface area contributed by atoms with Crippen LogP contribution in [0.25, 0.3) is 5.69 Å². The maximum atomic E-state index is 5.65. The van der Waals surface area contributed by atoms with Crippen molar-refractivity contribution in [2.45, 2.75) is 39.2 Å². The average molecular weight is 488 g/mol. The minimum atomic E-state index is 0.181. The highest BCUT2D eigenvalue weighted by Crippen LogP contribution is 2.34. The molecule has 1 atom stereocenters. The summed E-state index contributed by atoms with van der Waals surface area (Å²) in [6.45, 7) is 8.04. The molecule has 1 fully saturated rings. The molecule has 1 unspecified atom stereocenters. The molecule has 9 heteroatoms.